The summed E-state index contributed by atoms with van der Waals surface area (Å²) in [5.74, 6) is -0.651. The third-order valence-electron chi connectivity index (χ3n) is 5.60. The van der Waals surface area contributed by atoms with Gasteiger partial charge in [-0.05, 0) is 49.4 Å². The second kappa shape index (κ2) is 10.9. The minimum Gasteiger partial charge on any atom is -0.497 e. The van der Waals surface area contributed by atoms with Gasteiger partial charge in [0, 0.05) is 13.1 Å². The number of ether oxygens (including phenoxy) is 3. The second-order valence-electron chi connectivity index (χ2n) is 7.81. The molecule has 2 heterocycles. The minimum atomic E-state index is -0.576. The first-order chi connectivity index (χ1) is 17.4. The lowest BCUT2D eigenvalue weighted by molar-refractivity contribution is -0.384. The van der Waals surface area contributed by atoms with E-state index in [2.05, 4.69) is 5.32 Å². The van der Waals surface area contributed by atoms with Crippen LogP contribution in [-0.4, -0.2) is 56.8 Å². The van der Waals surface area contributed by atoms with Crippen molar-refractivity contribution in [3.05, 3.63) is 70.0 Å². The highest BCUT2D eigenvalue weighted by atomic mass is 16.6. The fourth-order valence-corrected chi connectivity index (χ4v) is 3.84. The van der Waals surface area contributed by atoms with Crippen molar-refractivity contribution in [1.82, 2.24) is 0 Å². The molecule has 0 bridgehead atoms. The van der Waals surface area contributed by atoms with Crippen LogP contribution in [0, 0.1) is 10.1 Å². The molecule has 1 aliphatic heterocycles. The van der Waals surface area contributed by atoms with Crippen molar-refractivity contribution in [3.8, 4) is 17.1 Å². The van der Waals surface area contributed by atoms with Gasteiger partial charge in [0.15, 0.2) is 5.76 Å². The minimum absolute atomic E-state index is 0.0513. The number of methoxy groups -OCH3 is 1. The van der Waals surface area contributed by atoms with Crippen molar-refractivity contribution in [2.45, 2.75) is 6.92 Å². The molecule has 0 aliphatic carbocycles. The standard InChI is InChI=1S/C25H25N3O8/c1-3-35-25(30)16-4-7-20(27-10-12-34-13-11-27)19(14-16)26-24(29)23-9-8-22(36-23)18-6-5-17(33-2)15-21(18)28(31)32/h4-9,14-15H,3,10-13H2,1-2H3,(H,26,29). The molecule has 0 saturated carbocycles. The first-order valence-electron chi connectivity index (χ1n) is 11.3. The van der Waals surface area contributed by atoms with Crippen LogP contribution in [0.4, 0.5) is 17.1 Å². The number of carbonyl (C=O) groups is 2. The number of nitrogens with one attached hydrogen (secondary N) is 1. The summed E-state index contributed by atoms with van der Waals surface area (Å²) in [6, 6.07) is 12.2. The Labute approximate surface area is 206 Å². The van der Waals surface area contributed by atoms with Crippen LogP contribution in [0.5, 0.6) is 5.75 Å². The number of carbonyl (C=O) groups excluding carboxylic acids is 2. The van der Waals surface area contributed by atoms with E-state index >= 15 is 0 Å². The summed E-state index contributed by atoms with van der Waals surface area (Å²) in [7, 11) is 1.41. The van der Waals surface area contributed by atoms with Crippen LogP contribution in [-0.2, 0) is 9.47 Å². The highest BCUT2D eigenvalue weighted by Crippen LogP contribution is 2.35. The smallest absolute Gasteiger partial charge is 0.338 e. The molecular formula is C25H25N3O8. The van der Waals surface area contributed by atoms with Crippen LogP contribution < -0.4 is 15.0 Å². The average molecular weight is 495 g/mol. The van der Waals surface area contributed by atoms with E-state index in [9.17, 15) is 19.7 Å². The molecule has 0 atom stereocenters. The molecule has 1 fully saturated rings. The van der Waals surface area contributed by atoms with Gasteiger partial charge in [-0.15, -0.1) is 0 Å². The number of nitrogens with zero attached hydrogens (tertiary/aromatic N) is 2. The first kappa shape index (κ1) is 24.7. The quantitative estimate of drug-likeness (QED) is 0.278. The van der Waals surface area contributed by atoms with E-state index in [1.165, 1.54) is 31.4 Å². The fraction of sp³-hybridized carbons (Fsp3) is 0.280. The lowest BCUT2D eigenvalue weighted by Gasteiger charge is -2.30. The zero-order chi connectivity index (χ0) is 25.7. The van der Waals surface area contributed by atoms with E-state index in [1.54, 1.807) is 31.2 Å². The summed E-state index contributed by atoms with van der Waals surface area (Å²) in [6.45, 7) is 4.24. The van der Waals surface area contributed by atoms with E-state index in [1.807, 2.05) is 4.90 Å². The van der Waals surface area contributed by atoms with E-state index < -0.39 is 16.8 Å². The number of furan rings is 1. The van der Waals surface area contributed by atoms with Gasteiger partial charge >= 0.3 is 5.97 Å². The molecule has 0 unspecified atom stereocenters. The Morgan fingerprint density at radius 1 is 1.11 bits per heavy atom. The first-order valence-corrected chi connectivity index (χ1v) is 11.3. The number of rotatable bonds is 8. The number of morpholine rings is 1. The molecule has 1 N–H and O–H groups in total. The van der Waals surface area contributed by atoms with Gasteiger partial charge in [-0.1, -0.05) is 0 Å². The number of nitro benzene ring substituents is 1. The van der Waals surface area contributed by atoms with Gasteiger partial charge in [0.2, 0.25) is 0 Å². The number of hydrogen-bond donors (Lipinski definition) is 1. The van der Waals surface area contributed by atoms with Crippen LogP contribution in [0.1, 0.15) is 27.8 Å². The zero-order valence-corrected chi connectivity index (χ0v) is 19.8. The number of anilines is 2. The summed E-state index contributed by atoms with van der Waals surface area (Å²) >= 11 is 0. The molecule has 3 aromatic rings. The summed E-state index contributed by atoms with van der Waals surface area (Å²) in [5, 5.41) is 14.3. The molecule has 11 nitrogen and oxygen atoms in total. The van der Waals surface area contributed by atoms with Crippen molar-refractivity contribution < 1.29 is 33.1 Å². The zero-order valence-electron chi connectivity index (χ0n) is 19.8. The van der Waals surface area contributed by atoms with Crippen LogP contribution >= 0.6 is 0 Å². The SMILES string of the molecule is CCOC(=O)c1ccc(N2CCOCC2)c(NC(=O)c2ccc(-c3ccc(OC)cc3[N+](=O)[O-])o2)c1. The van der Waals surface area contributed by atoms with Gasteiger partial charge < -0.3 is 28.8 Å². The van der Waals surface area contributed by atoms with Crippen molar-refractivity contribution in [1.29, 1.82) is 0 Å². The van der Waals surface area contributed by atoms with Gasteiger partial charge in [-0.25, -0.2) is 4.79 Å². The van der Waals surface area contributed by atoms with Crippen LogP contribution in [0.25, 0.3) is 11.3 Å². The monoisotopic (exact) mass is 495 g/mol. The Morgan fingerprint density at radius 3 is 2.58 bits per heavy atom. The third kappa shape index (κ3) is 5.31. The summed E-state index contributed by atoms with van der Waals surface area (Å²) in [6.07, 6.45) is 0. The van der Waals surface area contributed by atoms with Crippen molar-refractivity contribution in [2.75, 3.05) is 50.2 Å². The van der Waals surface area contributed by atoms with Gasteiger partial charge in [0.05, 0.1) is 60.4 Å². The molecule has 1 aromatic heterocycles. The summed E-state index contributed by atoms with van der Waals surface area (Å²) in [4.78, 5) is 38.4. The van der Waals surface area contributed by atoms with E-state index in [0.29, 0.717) is 37.7 Å². The van der Waals surface area contributed by atoms with Gasteiger partial charge in [-0.2, -0.15) is 0 Å². The lowest BCUT2D eigenvalue weighted by atomic mass is 10.1. The molecule has 1 aliphatic rings. The highest BCUT2D eigenvalue weighted by molar-refractivity contribution is 6.05. The predicted molar refractivity (Wildman–Crippen MR) is 131 cm³/mol. The Morgan fingerprint density at radius 2 is 1.89 bits per heavy atom. The van der Waals surface area contributed by atoms with E-state index in [-0.39, 0.29) is 34.9 Å². The van der Waals surface area contributed by atoms with Crippen molar-refractivity contribution in [2.24, 2.45) is 0 Å². The van der Waals surface area contributed by atoms with E-state index in [0.717, 1.165) is 5.69 Å². The Balaban J connectivity index is 1.63. The summed E-state index contributed by atoms with van der Waals surface area (Å²) < 4.78 is 21.3. The fourth-order valence-electron chi connectivity index (χ4n) is 3.84. The molecule has 11 heteroatoms. The molecule has 188 valence electrons. The van der Waals surface area contributed by atoms with E-state index in [4.69, 9.17) is 18.6 Å². The summed E-state index contributed by atoms with van der Waals surface area (Å²) in [5.41, 5.74) is 1.40. The molecule has 0 radical (unpaired) electrons. The largest absolute Gasteiger partial charge is 0.497 e. The number of esters is 1. The molecular weight excluding hydrogens is 470 g/mol. The Kier molecular flexibility index (Phi) is 7.50. The number of hydrogen-bond acceptors (Lipinski definition) is 9. The predicted octanol–water partition coefficient (Wildman–Crippen LogP) is 4.13. The van der Waals surface area contributed by atoms with Crippen LogP contribution in [0.2, 0.25) is 0 Å². The molecule has 0 spiro atoms. The van der Waals surface area contributed by atoms with Gasteiger partial charge in [0.25, 0.3) is 11.6 Å². The normalized spacial score (nSPS) is 13.2. The maximum Gasteiger partial charge on any atom is 0.338 e. The molecule has 1 saturated heterocycles. The topological polar surface area (TPSA) is 133 Å². The highest BCUT2D eigenvalue weighted by Gasteiger charge is 2.23. The number of benzene rings is 2. The van der Waals surface area contributed by atoms with Crippen molar-refractivity contribution in [3.63, 3.8) is 0 Å². The second-order valence-corrected chi connectivity index (χ2v) is 7.81. The average Bonchev–Trinajstić information content (AvgIpc) is 3.39. The third-order valence-corrected chi connectivity index (χ3v) is 5.60. The Hall–Kier alpha value is -4.38. The number of nitro groups is 1. The van der Waals surface area contributed by atoms with Crippen LogP contribution in [0.3, 0.4) is 0 Å². The van der Waals surface area contributed by atoms with Crippen LogP contribution in [0.15, 0.2) is 52.9 Å². The molecule has 4 rings (SSSR count). The molecule has 1 amide bonds. The molecule has 36 heavy (non-hydrogen) atoms. The van der Waals surface area contributed by atoms with Gasteiger partial charge in [-0.3, -0.25) is 14.9 Å². The molecule has 2 aromatic carbocycles. The van der Waals surface area contributed by atoms with Crippen molar-refractivity contribution >= 4 is 28.9 Å². The maximum atomic E-state index is 13.1. The Bertz CT molecular complexity index is 1280. The lowest BCUT2D eigenvalue weighted by Crippen LogP contribution is -2.36. The number of amides is 1. The maximum absolute atomic E-state index is 13.1. The van der Waals surface area contributed by atoms with Gasteiger partial charge in [0.1, 0.15) is 11.5 Å².